The highest BCUT2D eigenvalue weighted by Crippen LogP contribution is 2.30. The lowest BCUT2D eigenvalue weighted by Gasteiger charge is -2.26. The molecule has 0 radical (unpaired) electrons. The number of fused-ring (bicyclic) bond motifs is 1. The van der Waals surface area contributed by atoms with Crippen LogP contribution in [0.4, 0.5) is 0 Å². The van der Waals surface area contributed by atoms with E-state index in [9.17, 15) is 9.59 Å². The van der Waals surface area contributed by atoms with Gasteiger partial charge in [-0.15, -0.1) is 5.10 Å². The quantitative estimate of drug-likeness (QED) is 0.779. The minimum Gasteiger partial charge on any atom is -0.467 e. The van der Waals surface area contributed by atoms with Gasteiger partial charge in [0.05, 0.1) is 7.11 Å². The van der Waals surface area contributed by atoms with E-state index in [-0.39, 0.29) is 17.8 Å². The van der Waals surface area contributed by atoms with Crippen molar-refractivity contribution in [3.8, 4) is 0 Å². The molecule has 1 amide bonds. The van der Waals surface area contributed by atoms with Crippen LogP contribution in [0.15, 0.2) is 6.07 Å². The Kier molecular flexibility index (Phi) is 3.75. The zero-order chi connectivity index (χ0) is 16.7. The largest absolute Gasteiger partial charge is 0.467 e. The van der Waals surface area contributed by atoms with Crippen molar-refractivity contribution in [3.63, 3.8) is 0 Å². The van der Waals surface area contributed by atoms with Crippen molar-refractivity contribution in [2.75, 3.05) is 7.11 Å². The molecule has 2 aromatic heterocycles. The molecule has 1 aliphatic carbocycles. The van der Waals surface area contributed by atoms with Gasteiger partial charge >= 0.3 is 5.97 Å². The lowest BCUT2D eigenvalue weighted by Crippen LogP contribution is -2.45. The molecular weight excluding hydrogens is 298 g/mol. The van der Waals surface area contributed by atoms with Gasteiger partial charge in [0.2, 0.25) is 5.82 Å². The summed E-state index contributed by atoms with van der Waals surface area (Å²) in [5.41, 5.74) is 1.65. The van der Waals surface area contributed by atoms with Crippen LogP contribution >= 0.6 is 0 Å². The Morgan fingerprint density at radius 3 is 2.65 bits per heavy atom. The lowest BCUT2D eigenvalue weighted by atomic mass is 10.2. The highest BCUT2D eigenvalue weighted by atomic mass is 16.5. The van der Waals surface area contributed by atoms with E-state index in [1.165, 1.54) is 16.5 Å². The first-order valence-electron chi connectivity index (χ1n) is 7.54. The van der Waals surface area contributed by atoms with Gasteiger partial charge in [-0.3, -0.25) is 4.79 Å². The van der Waals surface area contributed by atoms with E-state index in [2.05, 4.69) is 15.1 Å². The summed E-state index contributed by atoms with van der Waals surface area (Å²) in [5, 5.41) is 4.25. The second-order valence-corrected chi connectivity index (χ2v) is 5.83. The highest BCUT2D eigenvalue weighted by Gasteiger charge is 2.40. The maximum atomic E-state index is 12.8. The third kappa shape index (κ3) is 2.76. The van der Waals surface area contributed by atoms with Crippen LogP contribution in [0.25, 0.3) is 5.78 Å². The lowest BCUT2D eigenvalue weighted by molar-refractivity contribution is -0.145. The topological polar surface area (TPSA) is 89.7 Å². The number of esters is 1. The molecule has 23 heavy (non-hydrogen) atoms. The number of aromatic nitrogens is 4. The van der Waals surface area contributed by atoms with Gasteiger partial charge in [-0.1, -0.05) is 0 Å². The standard InChI is InChI=1S/C15H19N5O3/c1-8-7-9(2)20-15(16-8)17-12(18-20)13(21)19(11-5-6-11)10(3)14(22)23-4/h7,10-11H,5-6H2,1-4H3. The van der Waals surface area contributed by atoms with Crippen LogP contribution in [0.3, 0.4) is 0 Å². The van der Waals surface area contributed by atoms with E-state index in [0.29, 0.717) is 5.78 Å². The van der Waals surface area contributed by atoms with Crippen molar-refractivity contribution < 1.29 is 14.3 Å². The van der Waals surface area contributed by atoms with Crippen molar-refractivity contribution >= 4 is 17.7 Å². The number of hydrogen-bond acceptors (Lipinski definition) is 6. The molecule has 1 fully saturated rings. The fourth-order valence-corrected chi connectivity index (χ4v) is 2.67. The first-order chi connectivity index (χ1) is 10.9. The average molecular weight is 317 g/mol. The Hall–Kier alpha value is -2.51. The van der Waals surface area contributed by atoms with Crippen LogP contribution in [0.5, 0.6) is 0 Å². The van der Waals surface area contributed by atoms with Crippen LogP contribution in [0.1, 0.15) is 41.8 Å². The van der Waals surface area contributed by atoms with E-state index >= 15 is 0 Å². The second kappa shape index (κ2) is 5.60. The minimum absolute atomic E-state index is 0.0407. The van der Waals surface area contributed by atoms with Crippen LogP contribution in [0.2, 0.25) is 0 Å². The molecule has 2 aromatic rings. The summed E-state index contributed by atoms with van der Waals surface area (Å²) in [5.74, 6) is -0.381. The van der Waals surface area contributed by atoms with Crippen molar-refractivity contribution in [3.05, 3.63) is 23.3 Å². The van der Waals surface area contributed by atoms with Crippen LogP contribution < -0.4 is 0 Å². The van der Waals surface area contributed by atoms with E-state index < -0.39 is 12.0 Å². The molecular formula is C15H19N5O3. The molecule has 3 rings (SSSR count). The maximum Gasteiger partial charge on any atom is 0.328 e. The molecule has 0 aromatic carbocycles. The molecule has 2 heterocycles. The normalized spacial score (nSPS) is 15.5. The molecule has 1 atom stereocenters. The molecule has 0 aliphatic heterocycles. The number of rotatable bonds is 4. The monoisotopic (exact) mass is 317 g/mol. The number of carbonyl (C=O) groups excluding carboxylic acids is 2. The second-order valence-electron chi connectivity index (χ2n) is 5.83. The summed E-state index contributed by atoms with van der Waals surface area (Å²) in [6.07, 6.45) is 1.74. The zero-order valence-electron chi connectivity index (χ0n) is 13.6. The highest BCUT2D eigenvalue weighted by molar-refractivity contribution is 5.94. The van der Waals surface area contributed by atoms with Gasteiger partial charge in [-0.05, 0) is 39.7 Å². The molecule has 122 valence electrons. The van der Waals surface area contributed by atoms with E-state index in [1.54, 1.807) is 6.92 Å². The average Bonchev–Trinajstić information content (AvgIpc) is 3.24. The fourth-order valence-electron chi connectivity index (χ4n) is 2.67. The van der Waals surface area contributed by atoms with Gasteiger partial charge in [0.1, 0.15) is 6.04 Å². The van der Waals surface area contributed by atoms with Crippen molar-refractivity contribution in [2.24, 2.45) is 0 Å². The van der Waals surface area contributed by atoms with Crippen LogP contribution in [0, 0.1) is 13.8 Å². The summed E-state index contributed by atoms with van der Waals surface area (Å²) in [6, 6.07) is 1.24. The summed E-state index contributed by atoms with van der Waals surface area (Å²) in [6.45, 7) is 5.39. The summed E-state index contributed by atoms with van der Waals surface area (Å²) >= 11 is 0. The number of amides is 1. The number of carbonyl (C=O) groups is 2. The predicted octanol–water partition coefficient (Wildman–Crippen LogP) is 0.907. The fraction of sp³-hybridized carbons (Fsp3) is 0.533. The van der Waals surface area contributed by atoms with E-state index in [1.807, 2.05) is 19.9 Å². The van der Waals surface area contributed by atoms with Crippen LogP contribution in [-0.2, 0) is 9.53 Å². The van der Waals surface area contributed by atoms with Gasteiger partial charge in [0, 0.05) is 17.4 Å². The smallest absolute Gasteiger partial charge is 0.328 e. The number of ether oxygens (including phenoxy) is 1. The number of nitrogens with zero attached hydrogens (tertiary/aromatic N) is 5. The molecule has 1 unspecified atom stereocenters. The Morgan fingerprint density at radius 1 is 1.35 bits per heavy atom. The number of aryl methyl sites for hydroxylation is 2. The maximum absolute atomic E-state index is 12.8. The van der Waals surface area contributed by atoms with E-state index in [4.69, 9.17) is 4.74 Å². The molecule has 0 spiro atoms. The molecule has 0 saturated heterocycles. The molecule has 0 N–H and O–H groups in total. The summed E-state index contributed by atoms with van der Waals surface area (Å²) in [7, 11) is 1.31. The van der Waals surface area contributed by atoms with Gasteiger partial charge in [0.25, 0.3) is 11.7 Å². The van der Waals surface area contributed by atoms with Crippen molar-refractivity contribution in [2.45, 2.75) is 45.7 Å². The molecule has 8 nitrogen and oxygen atoms in total. The van der Waals surface area contributed by atoms with Gasteiger partial charge in [-0.2, -0.15) is 4.98 Å². The first kappa shape index (κ1) is 15.4. The predicted molar refractivity (Wildman–Crippen MR) is 80.9 cm³/mol. The van der Waals surface area contributed by atoms with Crippen molar-refractivity contribution in [1.29, 1.82) is 0 Å². The third-order valence-electron chi connectivity index (χ3n) is 3.94. The Bertz CT molecular complexity index is 781. The molecule has 0 bridgehead atoms. The molecule has 1 aliphatic rings. The summed E-state index contributed by atoms with van der Waals surface area (Å²) in [4.78, 5) is 34.7. The minimum atomic E-state index is -0.664. The third-order valence-corrected chi connectivity index (χ3v) is 3.94. The van der Waals surface area contributed by atoms with Gasteiger partial charge < -0.3 is 9.64 Å². The van der Waals surface area contributed by atoms with Crippen LogP contribution in [-0.4, -0.2) is 55.6 Å². The molecule has 8 heteroatoms. The molecule has 1 saturated carbocycles. The Labute approximate surface area is 133 Å². The van der Waals surface area contributed by atoms with Gasteiger partial charge in [0.15, 0.2) is 0 Å². The summed E-state index contributed by atoms with van der Waals surface area (Å²) < 4.78 is 6.30. The number of hydrogen-bond donors (Lipinski definition) is 0. The zero-order valence-corrected chi connectivity index (χ0v) is 13.6. The van der Waals surface area contributed by atoms with E-state index in [0.717, 1.165) is 24.2 Å². The SMILES string of the molecule is COC(=O)C(C)N(C(=O)c1nc2nc(C)cc(C)n2n1)C1CC1. The Balaban J connectivity index is 1.97. The number of methoxy groups -OCH3 is 1. The Morgan fingerprint density at radius 2 is 2.04 bits per heavy atom. The first-order valence-corrected chi connectivity index (χ1v) is 7.54. The van der Waals surface area contributed by atoms with Crippen molar-refractivity contribution in [1.82, 2.24) is 24.5 Å². The van der Waals surface area contributed by atoms with Gasteiger partial charge in [-0.25, -0.2) is 14.3 Å².